The second-order valence-corrected chi connectivity index (χ2v) is 3.52. The van der Waals surface area contributed by atoms with Crippen LogP contribution in [0, 0.1) is 0 Å². The fourth-order valence-electron chi connectivity index (χ4n) is 1.60. The predicted octanol–water partition coefficient (Wildman–Crippen LogP) is 1.97. The van der Waals surface area contributed by atoms with Crippen LogP contribution in [0.5, 0.6) is 5.75 Å². The summed E-state index contributed by atoms with van der Waals surface area (Å²) < 4.78 is 10.2. The molecule has 0 atom stereocenters. The number of fused-ring (bicyclic) bond motifs is 1. The highest BCUT2D eigenvalue weighted by Crippen LogP contribution is 2.23. The number of benzene rings is 1. The number of ether oxygens (including phenoxy) is 2. The molecule has 0 aliphatic carbocycles. The summed E-state index contributed by atoms with van der Waals surface area (Å²) in [6, 6.07) is 7.71. The van der Waals surface area contributed by atoms with E-state index in [1.165, 1.54) is 0 Å². The van der Waals surface area contributed by atoms with Crippen LogP contribution in [0.3, 0.4) is 0 Å². The lowest BCUT2D eigenvalue weighted by Crippen LogP contribution is -1.99. The van der Waals surface area contributed by atoms with Gasteiger partial charge in [-0.05, 0) is 18.2 Å². The summed E-state index contributed by atoms with van der Waals surface area (Å²) in [4.78, 5) is 4.32. The second-order valence-electron chi connectivity index (χ2n) is 3.52. The van der Waals surface area contributed by atoms with Gasteiger partial charge in [0.2, 0.25) is 0 Å². The van der Waals surface area contributed by atoms with Gasteiger partial charge in [0.1, 0.15) is 11.6 Å². The number of methoxy groups -OCH3 is 2. The van der Waals surface area contributed by atoms with Gasteiger partial charge in [-0.2, -0.15) is 0 Å². The Hall–Kier alpha value is -1.81. The summed E-state index contributed by atoms with van der Waals surface area (Å²) in [5.74, 6) is 1.28. The summed E-state index contributed by atoms with van der Waals surface area (Å²) in [5.41, 5.74) is 7.57. The Balaban J connectivity index is 2.55. The number of rotatable bonds is 3. The molecule has 0 aliphatic heterocycles. The van der Waals surface area contributed by atoms with Gasteiger partial charge < -0.3 is 15.2 Å². The Morgan fingerprint density at radius 2 is 2.06 bits per heavy atom. The molecule has 0 unspecified atom stereocenters. The largest absolute Gasteiger partial charge is 0.497 e. The van der Waals surface area contributed by atoms with E-state index in [1.807, 2.05) is 24.3 Å². The van der Waals surface area contributed by atoms with E-state index in [2.05, 4.69) is 4.98 Å². The van der Waals surface area contributed by atoms with Crippen molar-refractivity contribution in [3.05, 3.63) is 29.8 Å². The van der Waals surface area contributed by atoms with Crippen LogP contribution in [-0.2, 0) is 11.3 Å². The summed E-state index contributed by atoms with van der Waals surface area (Å²) in [6.07, 6.45) is 0. The maximum absolute atomic E-state index is 5.83. The van der Waals surface area contributed by atoms with E-state index >= 15 is 0 Å². The van der Waals surface area contributed by atoms with Gasteiger partial charge in [-0.3, -0.25) is 0 Å². The third-order valence-corrected chi connectivity index (χ3v) is 2.44. The van der Waals surface area contributed by atoms with Crippen molar-refractivity contribution in [1.82, 2.24) is 4.98 Å². The first-order chi connectivity index (χ1) is 7.74. The maximum Gasteiger partial charge on any atom is 0.129 e. The van der Waals surface area contributed by atoms with E-state index in [9.17, 15) is 0 Å². The molecule has 1 aromatic heterocycles. The average Bonchev–Trinajstić information content (AvgIpc) is 2.30. The monoisotopic (exact) mass is 218 g/mol. The van der Waals surface area contributed by atoms with Crippen molar-refractivity contribution in [3.63, 3.8) is 0 Å². The number of hydrogen-bond donors (Lipinski definition) is 1. The molecule has 2 rings (SSSR count). The Morgan fingerprint density at radius 1 is 1.25 bits per heavy atom. The minimum absolute atomic E-state index is 0.473. The first kappa shape index (κ1) is 10.7. The van der Waals surface area contributed by atoms with Crippen LogP contribution in [0.2, 0.25) is 0 Å². The Kier molecular flexibility index (Phi) is 2.92. The van der Waals surface area contributed by atoms with Crippen molar-refractivity contribution in [3.8, 4) is 5.75 Å². The zero-order valence-electron chi connectivity index (χ0n) is 9.36. The number of aromatic nitrogens is 1. The van der Waals surface area contributed by atoms with Crippen LogP contribution in [0.25, 0.3) is 10.9 Å². The summed E-state index contributed by atoms with van der Waals surface area (Å²) in [7, 11) is 3.27. The SMILES string of the molecule is COCc1cc2ccc(OC)cc2nc1N. The van der Waals surface area contributed by atoms with Gasteiger partial charge in [0.25, 0.3) is 0 Å². The molecule has 4 nitrogen and oxygen atoms in total. The van der Waals surface area contributed by atoms with Crippen molar-refractivity contribution in [1.29, 1.82) is 0 Å². The molecule has 16 heavy (non-hydrogen) atoms. The Labute approximate surface area is 94.0 Å². The van der Waals surface area contributed by atoms with Gasteiger partial charge in [0.15, 0.2) is 0 Å². The highest BCUT2D eigenvalue weighted by molar-refractivity contribution is 5.82. The maximum atomic E-state index is 5.83. The molecule has 0 aliphatic rings. The van der Waals surface area contributed by atoms with Crippen LogP contribution in [0.1, 0.15) is 5.56 Å². The first-order valence-corrected chi connectivity index (χ1v) is 4.96. The van der Waals surface area contributed by atoms with Gasteiger partial charge in [-0.15, -0.1) is 0 Å². The summed E-state index contributed by atoms with van der Waals surface area (Å²) in [6.45, 7) is 0.473. The lowest BCUT2D eigenvalue weighted by atomic mass is 10.1. The molecular weight excluding hydrogens is 204 g/mol. The van der Waals surface area contributed by atoms with E-state index in [0.29, 0.717) is 12.4 Å². The minimum atomic E-state index is 0.473. The number of hydrogen-bond acceptors (Lipinski definition) is 4. The van der Waals surface area contributed by atoms with Crippen molar-refractivity contribution in [2.24, 2.45) is 0 Å². The molecule has 2 N–H and O–H groups in total. The highest BCUT2D eigenvalue weighted by Gasteiger charge is 2.04. The van der Waals surface area contributed by atoms with E-state index in [0.717, 1.165) is 22.2 Å². The lowest BCUT2D eigenvalue weighted by molar-refractivity contribution is 0.185. The van der Waals surface area contributed by atoms with Crippen LogP contribution in [0.15, 0.2) is 24.3 Å². The van der Waals surface area contributed by atoms with Crippen LogP contribution < -0.4 is 10.5 Å². The predicted molar refractivity (Wildman–Crippen MR) is 63.4 cm³/mol. The molecule has 0 amide bonds. The molecule has 4 heteroatoms. The van der Waals surface area contributed by atoms with Gasteiger partial charge in [0.05, 0.1) is 19.2 Å². The number of nitrogen functional groups attached to an aromatic ring is 1. The molecular formula is C12H14N2O2. The average molecular weight is 218 g/mol. The fourth-order valence-corrected chi connectivity index (χ4v) is 1.60. The second kappa shape index (κ2) is 4.37. The quantitative estimate of drug-likeness (QED) is 0.855. The summed E-state index contributed by atoms with van der Waals surface area (Å²) in [5, 5.41) is 1.03. The molecule has 0 bridgehead atoms. The van der Waals surface area contributed by atoms with E-state index in [4.69, 9.17) is 15.2 Å². The highest BCUT2D eigenvalue weighted by atomic mass is 16.5. The minimum Gasteiger partial charge on any atom is -0.497 e. The number of pyridine rings is 1. The first-order valence-electron chi connectivity index (χ1n) is 4.96. The number of nitrogens with two attached hydrogens (primary N) is 1. The normalized spacial score (nSPS) is 10.6. The van der Waals surface area contributed by atoms with E-state index < -0.39 is 0 Å². The Morgan fingerprint density at radius 3 is 2.75 bits per heavy atom. The molecule has 1 heterocycles. The van der Waals surface area contributed by atoms with Crippen LogP contribution >= 0.6 is 0 Å². The van der Waals surface area contributed by atoms with Gasteiger partial charge >= 0.3 is 0 Å². The van der Waals surface area contributed by atoms with Gasteiger partial charge in [-0.1, -0.05) is 0 Å². The molecule has 0 fully saturated rings. The zero-order valence-corrected chi connectivity index (χ0v) is 9.36. The molecule has 2 aromatic rings. The van der Waals surface area contributed by atoms with Crippen molar-refractivity contribution in [2.45, 2.75) is 6.61 Å². The standard InChI is InChI=1S/C12H14N2O2/c1-15-7-9-5-8-3-4-10(16-2)6-11(8)14-12(9)13/h3-6H,7H2,1-2H3,(H2,13,14). The number of anilines is 1. The third-order valence-electron chi connectivity index (χ3n) is 2.44. The lowest BCUT2D eigenvalue weighted by Gasteiger charge is -2.07. The summed E-state index contributed by atoms with van der Waals surface area (Å²) >= 11 is 0. The molecule has 1 aromatic carbocycles. The third kappa shape index (κ3) is 1.92. The number of nitrogens with zero attached hydrogens (tertiary/aromatic N) is 1. The van der Waals surface area contributed by atoms with Crippen molar-refractivity contribution in [2.75, 3.05) is 20.0 Å². The Bertz CT molecular complexity index is 512. The van der Waals surface area contributed by atoms with Crippen LogP contribution in [0.4, 0.5) is 5.82 Å². The topological polar surface area (TPSA) is 57.4 Å². The van der Waals surface area contributed by atoms with Crippen LogP contribution in [-0.4, -0.2) is 19.2 Å². The molecule has 0 saturated carbocycles. The molecule has 84 valence electrons. The van der Waals surface area contributed by atoms with E-state index in [1.54, 1.807) is 14.2 Å². The van der Waals surface area contributed by atoms with Crippen molar-refractivity contribution < 1.29 is 9.47 Å². The van der Waals surface area contributed by atoms with Crippen molar-refractivity contribution >= 4 is 16.7 Å². The molecule has 0 radical (unpaired) electrons. The smallest absolute Gasteiger partial charge is 0.129 e. The fraction of sp³-hybridized carbons (Fsp3) is 0.250. The van der Waals surface area contributed by atoms with Gasteiger partial charge in [-0.25, -0.2) is 4.98 Å². The van der Waals surface area contributed by atoms with Gasteiger partial charge in [0, 0.05) is 24.1 Å². The van der Waals surface area contributed by atoms with E-state index in [-0.39, 0.29) is 0 Å². The zero-order chi connectivity index (χ0) is 11.5. The molecule has 0 spiro atoms. The molecule has 0 saturated heterocycles.